The number of carboxylic acid groups (broad SMARTS) is 1. The Bertz CT molecular complexity index is 1100. The molecule has 1 amide bonds. The summed E-state index contributed by atoms with van der Waals surface area (Å²) in [5.41, 5.74) is -0.634. The highest BCUT2D eigenvalue weighted by molar-refractivity contribution is 9.10. The van der Waals surface area contributed by atoms with E-state index in [1.165, 1.54) is 4.90 Å². The number of ether oxygens (including phenoxy) is 2. The Morgan fingerprint density at radius 3 is 2.82 bits per heavy atom. The molecule has 0 radical (unpaired) electrons. The highest BCUT2D eigenvalue weighted by atomic mass is 79.9. The predicted octanol–water partition coefficient (Wildman–Crippen LogP) is 3.77. The van der Waals surface area contributed by atoms with Gasteiger partial charge in [-0.05, 0) is 74.3 Å². The van der Waals surface area contributed by atoms with Crippen LogP contribution in [0.2, 0.25) is 0 Å². The highest BCUT2D eigenvalue weighted by Gasteiger charge is 2.46. The second kappa shape index (κ2) is 9.29. The fourth-order valence-corrected chi connectivity index (χ4v) is 5.70. The van der Waals surface area contributed by atoms with Crippen molar-refractivity contribution in [3.05, 3.63) is 22.3 Å². The molecule has 0 bridgehead atoms. The summed E-state index contributed by atoms with van der Waals surface area (Å²) in [6.07, 6.45) is 3.25. The van der Waals surface area contributed by atoms with Gasteiger partial charge in [0.15, 0.2) is 5.75 Å². The standard InChI is InChI=1S/C23H29BrClN5O4/c1-23(12-26-10-17(25)30(23)22(31)32)20-15-7-8-16(24)19(34-14-5-6-14)18(15)27-21(28-20)33-11-13-4-3-9-29(13)2/h7-8,13-14,17,26H,3-6,9-12H2,1-2H3,(H,31,32)/t13-,17?,23?/m0/s1. The zero-order valence-electron chi connectivity index (χ0n) is 19.3. The van der Waals surface area contributed by atoms with Crippen LogP contribution in [0.4, 0.5) is 4.79 Å². The number of hydrogen-bond acceptors (Lipinski definition) is 7. The molecule has 1 saturated carbocycles. The van der Waals surface area contributed by atoms with Crippen molar-refractivity contribution in [2.75, 3.05) is 33.3 Å². The number of nitrogens with one attached hydrogen (secondary N) is 1. The molecular formula is C23H29BrClN5O4. The van der Waals surface area contributed by atoms with E-state index in [4.69, 9.17) is 31.0 Å². The van der Waals surface area contributed by atoms with Gasteiger partial charge in [0.25, 0.3) is 0 Å². The molecule has 2 N–H and O–H groups in total. The number of halogens is 2. The van der Waals surface area contributed by atoms with Gasteiger partial charge in [0, 0.05) is 24.5 Å². The maximum Gasteiger partial charge on any atom is 0.409 e. The van der Waals surface area contributed by atoms with Gasteiger partial charge in [-0.15, -0.1) is 0 Å². The van der Waals surface area contributed by atoms with Gasteiger partial charge < -0.3 is 24.8 Å². The third-order valence-corrected chi connectivity index (χ3v) is 7.92. The first-order valence-corrected chi connectivity index (χ1v) is 12.9. The van der Waals surface area contributed by atoms with E-state index in [9.17, 15) is 9.90 Å². The Kier molecular flexibility index (Phi) is 6.52. The number of carbonyl (C=O) groups is 1. The molecule has 3 atom stereocenters. The molecule has 184 valence electrons. The van der Waals surface area contributed by atoms with Gasteiger partial charge in [0.2, 0.25) is 0 Å². The van der Waals surface area contributed by atoms with Crippen LogP contribution in [0.5, 0.6) is 11.8 Å². The van der Waals surface area contributed by atoms with Crippen molar-refractivity contribution in [2.24, 2.45) is 0 Å². The van der Waals surface area contributed by atoms with Crippen molar-refractivity contribution in [1.82, 2.24) is 25.1 Å². The van der Waals surface area contributed by atoms with Crippen LogP contribution in [0.25, 0.3) is 10.9 Å². The molecule has 3 aliphatic rings. The first kappa shape index (κ1) is 23.8. The highest BCUT2D eigenvalue weighted by Crippen LogP contribution is 2.42. The fourth-order valence-electron chi connectivity index (χ4n) is 4.87. The quantitative estimate of drug-likeness (QED) is 0.411. The lowest BCUT2D eigenvalue weighted by Gasteiger charge is -2.46. The summed E-state index contributed by atoms with van der Waals surface area (Å²) in [5.74, 6) is 0.628. The molecule has 2 aromatic rings. The zero-order valence-corrected chi connectivity index (χ0v) is 21.6. The molecule has 3 fully saturated rings. The van der Waals surface area contributed by atoms with Gasteiger partial charge >= 0.3 is 12.1 Å². The zero-order chi connectivity index (χ0) is 24.0. The summed E-state index contributed by atoms with van der Waals surface area (Å²) in [6, 6.07) is 4.29. The molecule has 11 heteroatoms. The molecular weight excluding hydrogens is 526 g/mol. The van der Waals surface area contributed by atoms with Crippen LogP contribution in [0.1, 0.15) is 38.3 Å². The molecule has 3 heterocycles. The molecule has 1 aromatic heterocycles. The molecule has 5 rings (SSSR count). The van der Waals surface area contributed by atoms with E-state index in [0.717, 1.165) is 36.7 Å². The van der Waals surface area contributed by atoms with E-state index in [1.54, 1.807) is 0 Å². The Morgan fingerprint density at radius 1 is 1.35 bits per heavy atom. The number of fused-ring (bicyclic) bond motifs is 1. The molecule has 0 spiro atoms. The summed E-state index contributed by atoms with van der Waals surface area (Å²) < 4.78 is 13.1. The van der Waals surface area contributed by atoms with Crippen molar-refractivity contribution in [3.8, 4) is 11.8 Å². The fraction of sp³-hybridized carbons (Fsp3) is 0.609. The Morgan fingerprint density at radius 2 is 2.15 bits per heavy atom. The molecule has 9 nitrogen and oxygen atoms in total. The van der Waals surface area contributed by atoms with Gasteiger partial charge in [-0.25, -0.2) is 4.79 Å². The molecule has 2 unspecified atom stereocenters. The molecule has 2 aliphatic heterocycles. The number of alkyl halides is 1. The normalized spacial score (nSPS) is 27.8. The number of likely N-dealkylation sites (N-methyl/N-ethyl adjacent to an activating group) is 1. The minimum atomic E-state index is -1.10. The van der Waals surface area contributed by atoms with E-state index in [-0.39, 0.29) is 12.1 Å². The van der Waals surface area contributed by atoms with Crippen LogP contribution in [0.15, 0.2) is 16.6 Å². The van der Waals surface area contributed by atoms with Crippen molar-refractivity contribution >= 4 is 44.5 Å². The third-order valence-electron chi connectivity index (χ3n) is 6.95. The second-order valence-corrected chi connectivity index (χ2v) is 10.9. The minimum Gasteiger partial charge on any atom is -0.487 e. The van der Waals surface area contributed by atoms with E-state index in [1.807, 2.05) is 19.1 Å². The van der Waals surface area contributed by atoms with Gasteiger partial charge in [-0.2, -0.15) is 9.97 Å². The number of hydrogen-bond donors (Lipinski definition) is 2. The first-order valence-electron chi connectivity index (χ1n) is 11.7. The van der Waals surface area contributed by atoms with Gasteiger partial charge in [-0.3, -0.25) is 4.90 Å². The number of nitrogens with zero attached hydrogens (tertiary/aromatic N) is 4. The van der Waals surface area contributed by atoms with E-state index < -0.39 is 17.1 Å². The average Bonchev–Trinajstić information content (AvgIpc) is 3.52. The molecule has 1 aromatic carbocycles. The average molecular weight is 555 g/mol. The Hall–Kier alpha value is -1.88. The van der Waals surface area contributed by atoms with E-state index in [0.29, 0.717) is 48.1 Å². The van der Waals surface area contributed by atoms with Gasteiger partial charge in [-0.1, -0.05) is 11.6 Å². The van der Waals surface area contributed by atoms with Crippen LogP contribution in [0, 0.1) is 0 Å². The number of amides is 1. The summed E-state index contributed by atoms with van der Waals surface area (Å²) in [5, 5.41) is 14.0. The predicted molar refractivity (Wildman–Crippen MR) is 132 cm³/mol. The van der Waals surface area contributed by atoms with Crippen LogP contribution in [-0.2, 0) is 5.54 Å². The van der Waals surface area contributed by atoms with Gasteiger partial charge in [0.05, 0.1) is 16.3 Å². The molecule has 1 aliphatic carbocycles. The number of benzene rings is 1. The largest absolute Gasteiger partial charge is 0.487 e. The summed E-state index contributed by atoms with van der Waals surface area (Å²) >= 11 is 10.1. The number of rotatable bonds is 6. The molecule has 2 saturated heterocycles. The van der Waals surface area contributed by atoms with Crippen LogP contribution in [0.3, 0.4) is 0 Å². The van der Waals surface area contributed by atoms with Crippen molar-refractivity contribution in [2.45, 2.75) is 55.8 Å². The first-order chi connectivity index (χ1) is 16.3. The lowest BCUT2D eigenvalue weighted by atomic mass is 9.90. The van der Waals surface area contributed by atoms with Crippen LogP contribution < -0.4 is 14.8 Å². The smallest absolute Gasteiger partial charge is 0.409 e. The SMILES string of the molecule is CN1CCC[C@H]1COc1nc(C2(C)CNCC(Cl)N2C(=O)O)c2ccc(Br)c(OC3CC3)c2n1. The minimum absolute atomic E-state index is 0.159. The van der Waals surface area contributed by atoms with E-state index >= 15 is 0 Å². The van der Waals surface area contributed by atoms with Gasteiger partial charge in [0.1, 0.15) is 23.2 Å². The summed E-state index contributed by atoms with van der Waals surface area (Å²) in [6.45, 7) is 4.05. The van der Waals surface area contributed by atoms with Crippen LogP contribution in [-0.4, -0.2) is 81.9 Å². The Balaban J connectivity index is 1.63. The van der Waals surface area contributed by atoms with Crippen molar-refractivity contribution < 1.29 is 19.4 Å². The Labute approximate surface area is 211 Å². The lowest BCUT2D eigenvalue weighted by Crippen LogP contribution is -2.62. The van der Waals surface area contributed by atoms with Crippen molar-refractivity contribution in [3.63, 3.8) is 0 Å². The van der Waals surface area contributed by atoms with Crippen LogP contribution >= 0.6 is 27.5 Å². The third kappa shape index (κ3) is 4.41. The second-order valence-electron chi connectivity index (χ2n) is 9.52. The molecule has 34 heavy (non-hydrogen) atoms. The topological polar surface area (TPSA) is 100 Å². The maximum atomic E-state index is 12.3. The summed E-state index contributed by atoms with van der Waals surface area (Å²) in [7, 11) is 2.09. The van der Waals surface area contributed by atoms with E-state index in [2.05, 4.69) is 33.2 Å². The van der Waals surface area contributed by atoms with Crippen molar-refractivity contribution in [1.29, 1.82) is 0 Å². The monoisotopic (exact) mass is 553 g/mol. The maximum absolute atomic E-state index is 12.3. The number of aromatic nitrogens is 2. The number of likely N-dealkylation sites (tertiary alicyclic amines) is 1. The number of piperazine rings is 1. The summed E-state index contributed by atoms with van der Waals surface area (Å²) in [4.78, 5) is 25.4. The lowest BCUT2D eigenvalue weighted by molar-refractivity contribution is 0.0509.